The van der Waals surface area contributed by atoms with Crippen molar-refractivity contribution in [3.05, 3.63) is 21.3 Å². The molecule has 0 radical (unpaired) electrons. The number of aliphatic hydroxyl groups is 1. The van der Waals surface area contributed by atoms with Crippen LogP contribution in [0.3, 0.4) is 0 Å². The lowest BCUT2D eigenvalue weighted by molar-refractivity contribution is 0.201. The summed E-state index contributed by atoms with van der Waals surface area (Å²) in [5.41, 5.74) is 0. The first kappa shape index (κ1) is 12.4. The molecule has 90 valence electrons. The van der Waals surface area contributed by atoms with Crippen molar-refractivity contribution in [3.63, 3.8) is 0 Å². The van der Waals surface area contributed by atoms with Crippen LogP contribution in [0.1, 0.15) is 37.1 Å². The van der Waals surface area contributed by atoms with Crippen LogP contribution >= 0.6 is 22.9 Å². The Hall–Kier alpha value is -0.0900. The summed E-state index contributed by atoms with van der Waals surface area (Å²) in [7, 11) is 0. The quantitative estimate of drug-likeness (QED) is 0.870. The fourth-order valence-electron chi connectivity index (χ4n) is 2.44. The molecule has 0 saturated heterocycles. The van der Waals surface area contributed by atoms with E-state index in [-0.39, 0.29) is 0 Å². The molecule has 0 aliphatic heterocycles. The summed E-state index contributed by atoms with van der Waals surface area (Å²) >= 11 is 7.56. The van der Waals surface area contributed by atoms with Crippen molar-refractivity contribution in [2.45, 2.75) is 38.3 Å². The first-order chi connectivity index (χ1) is 7.70. The molecule has 3 unspecified atom stereocenters. The van der Waals surface area contributed by atoms with Gasteiger partial charge in [0.05, 0.1) is 4.34 Å². The van der Waals surface area contributed by atoms with Crippen LogP contribution in [-0.4, -0.2) is 17.8 Å². The van der Waals surface area contributed by atoms with Gasteiger partial charge in [-0.05, 0) is 37.8 Å². The maximum atomic E-state index is 9.27. The van der Waals surface area contributed by atoms with Crippen molar-refractivity contribution in [3.8, 4) is 0 Å². The average molecular weight is 260 g/mol. The molecule has 4 heteroatoms. The van der Waals surface area contributed by atoms with Crippen molar-refractivity contribution in [1.82, 2.24) is 5.32 Å². The van der Waals surface area contributed by atoms with Crippen LogP contribution < -0.4 is 5.32 Å². The summed E-state index contributed by atoms with van der Waals surface area (Å²) in [6.07, 6.45) is 3.54. The van der Waals surface area contributed by atoms with Gasteiger partial charge in [0.2, 0.25) is 0 Å². The standard InChI is InChI=1S/C12H18ClNOS/c1-8(11-5-6-12(13)16-11)14-10-4-2-3-9(10)7-15/h5-6,8-10,14-15H,2-4,7H2,1H3. The fraction of sp³-hybridized carbons (Fsp3) is 0.667. The fourth-order valence-corrected chi connectivity index (χ4v) is 3.51. The first-order valence-corrected chi connectivity index (χ1v) is 7.02. The van der Waals surface area contributed by atoms with Crippen molar-refractivity contribution < 1.29 is 5.11 Å². The zero-order chi connectivity index (χ0) is 11.5. The van der Waals surface area contributed by atoms with Crippen molar-refractivity contribution in [2.24, 2.45) is 5.92 Å². The number of hydrogen-bond donors (Lipinski definition) is 2. The van der Waals surface area contributed by atoms with E-state index in [2.05, 4.69) is 18.3 Å². The highest BCUT2D eigenvalue weighted by atomic mass is 35.5. The molecule has 1 heterocycles. The minimum atomic E-state index is 0.301. The lowest BCUT2D eigenvalue weighted by Gasteiger charge is -2.23. The molecule has 0 aromatic carbocycles. The second kappa shape index (κ2) is 5.50. The van der Waals surface area contributed by atoms with Crippen molar-refractivity contribution in [1.29, 1.82) is 0 Å². The number of thiophene rings is 1. The van der Waals surface area contributed by atoms with E-state index in [1.54, 1.807) is 11.3 Å². The molecule has 1 aromatic rings. The van der Waals surface area contributed by atoms with E-state index in [1.807, 2.05) is 6.07 Å². The lowest BCUT2D eigenvalue weighted by Crippen LogP contribution is -2.35. The van der Waals surface area contributed by atoms with Gasteiger partial charge in [0.25, 0.3) is 0 Å². The molecule has 2 nitrogen and oxygen atoms in total. The molecule has 2 rings (SSSR count). The van der Waals surface area contributed by atoms with Crippen molar-refractivity contribution in [2.75, 3.05) is 6.61 Å². The Morgan fingerprint density at radius 3 is 3.00 bits per heavy atom. The van der Waals surface area contributed by atoms with Crippen LogP contribution in [0.4, 0.5) is 0 Å². The minimum absolute atomic E-state index is 0.301. The van der Waals surface area contributed by atoms with E-state index in [1.165, 1.54) is 17.7 Å². The summed E-state index contributed by atoms with van der Waals surface area (Å²) in [4.78, 5) is 1.27. The van der Waals surface area contributed by atoms with Gasteiger partial charge in [-0.1, -0.05) is 18.0 Å². The second-order valence-corrected chi connectivity index (χ2v) is 6.26. The maximum Gasteiger partial charge on any atom is 0.0931 e. The van der Waals surface area contributed by atoms with Crippen LogP contribution in [0.2, 0.25) is 4.34 Å². The number of aliphatic hydroxyl groups excluding tert-OH is 1. The molecule has 1 saturated carbocycles. The number of hydrogen-bond acceptors (Lipinski definition) is 3. The van der Waals surface area contributed by atoms with E-state index in [0.29, 0.717) is 24.6 Å². The third-order valence-electron chi connectivity index (χ3n) is 3.38. The highest BCUT2D eigenvalue weighted by Crippen LogP contribution is 2.30. The molecule has 1 aromatic heterocycles. The highest BCUT2D eigenvalue weighted by Gasteiger charge is 2.27. The Balaban J connectivity index is 1.94. The van der Waals surface area contributed by atoms with Gasteiger partial charge in [0, 0.05) is 23.6 Å². The van der Waals surface area contributed by atoms with Gasteiger partial charge in [-0.3, -0.25) is 0 Å². The Morgan fingerprint density at radius 1 is 1.56 bits per heavy atom. The van der Waals surface area contributed by atoms with Crippen molar-refractivity contribution >= 4 is 22.9 Å². The Bertz CT molecular complexity index is 342. The minimum Gasteiger partial charge on any atom is -0.396 e. The van der Waals surface area contributed by atoms with Crippen LogP contribution in [0, 0.1) is 5.92 Å². The smallest absolute Gasteiger partial charge is 0.0931 e. The molecule has 16 heavy (non-hydrogen) atoms. The second-order valence-electron chi connectivity index (χ2n) is 4.51. The van der Waals surface area contributed by atoms with E-state index < -0.39 is 0 Å². The molecule has 1 aliphatic rings. The normalized spacial score (nSPS) is 27.2. The van der Waals surface area contributed by atoms with E-state index in [4.69, 9.17) is 11.6 Å². The Kier molecular flexibility index (Phi) is 4.25. The van der Waals surface area contributed by atoms with Crippen LogP contribution in [0.5, 0.6) is 0 Å². The Labute approximate surface area is 106 Å². The summed E-state index contributed by atoms with van der Waals surface area (Å²) in [5, 5.41) is 12.9. The van der Waals surface area contributed by atoms with Crippen LogP contribution in [0.15, 0.2) is 12.1 Å². The van der Waals surface area contributed by atoms with Gasteiger partial charge in [0.1, 0.15) is 0 Å². The number of rotatable bonds is 4. The summed E-state index contributed by atoms with van der Waals surface area (Å²) < 4.78 is 0.841. The molecule has 2 N–H and O–H groups in total. The molecule has 1 fully saturated rings. The Morgan fingerprint density at radius 2 is 2.38 bits per heavy atom. The number of nitrogens with one attached hydrogen (secondary N) is 1. The molecule has 0 bridgehead atoms. The van der Waals surface area contributed by atoms with Gasteiger partial charge in [-0.15, -0.1) is 11.3 Å². The van der Waals surface area contributed by atoms with Crippen LogP contribution in [0.25, 0.3) is 0 Å². The molecule has 1 aliphatic carbocycles. The van der Waals surface area contributed by atoms with Crippen LogP contribution in [-0.2, 0) is 0 Å². The van der Waals surface area contributed by atoms with Gasteiger partial charge in [-0.25, -0.2) is 0 Å². The summed E-state index contributed by atoms with van der Waals surface area (Å²) in [6, 6.07) is 4.81. The topological polar surface area (TPSA) is 32.3 Å². The summed E-state index contributed by atoms with van der Waals surface area (Å²) in [6.45, 7) is 2.46. The van der Waals surface area contributed by atoms with E-state index in [0.717, 1.165) is 10.8 Å². The first-order valence-electron chi connectivity index (χ1n) is 5.83. The third-order valence-corrected chi connectivity index (χ3v) is 4.79. The van der Waals surface area contributed by atoms with Gasteiger partial charge >= 0.3 is 0 Å². The molecule has 3 atom stereocenters. The average Bonchev–Trinajstić information content (AvgIpc) is 2.86. The predicted molar refractivity (Wildman–Crippen MR) is 69.1 cm³/mol. The van der Waals surface area contributed by atoms with E-state index >= 15 is 0 Å². The van der Waals surface area contributed by atoms with E-state index in [9.17, 15) is 5.11 Å². The summed E-state index contributed by atoms with van der Waals surface area (Å²) in [5.74, 6) is 0.429. The van der Waals surface area contributed by atoms with Gasteiger partial charge < -0.3 is 10.4 Å². The predicted octanol–water partition coefficient (Wildman–Crippen LogP) is 3.21. The molecule has 0 amide bonds. The monoisotopic (exact) mass is 259 g/mol. The molecule has 0 spiro atoms. The van der Waals surface area contributed by atoms with Gasteiger partial charge in [-0.2, -0.15) is 0 Å². The SMILES string of the molecule is CC(NC1CCCC1CO)c1ccc(Cl)s1. The maximum absolute atomic E-state index is 9.27. The number of halogens is 1. The molecular formula is C12H18ClNOS. The molecular weight excluding hydrogens is 242 g/mol. The zero-order valence-electron chi connectivity index (χ0n) is 9.45. The highest BCUT2D eigenvalue weighted by molar-refractivity contribution is 7.16. The zero-order valence-corrected chi connectivity index (χ0v) is 11.0. The van der Waals surface area contributed by atoms with Gasteiger partial charge in [0.15, 0.2) is 0 Å². The largest absolute Gasteiger partial charge is 0.396 e. The third kappa shape index (κ3) is 2.77. The lowest BCUT2D eigenvalue weighted by atomic mass is 10.0.